The average molecular weight is 339 g/mol. The fourth-order valence-electron chi connectivity index (χ4n) is 2.95. The lowest BCUT2D eigenvalue weighted by Crippen LogP contribution is -2.37. The molecule has 1 aromatic heterocycles. The molecule has 7 heteroatoms. The van der Waals surface area contributed by atoms with Crippen molar-refractivity contribution in [2.45, 2.75) is 69.9 Å². The number of carbonyl (C=O) groups excluding carboxylic acids is 1. The largest absolute Gasteiger partial charge is 0.391 e. The molecular weight excluding hydrogens is 313 g/mol. The van der Waals surface area contributed by atoms with E-state index in [1.165, 1.54) is 20.0 Å². The summed E-state index contributed by atoms with van der Waals surface area (Å²) < 4.78 is 14.2. The highest BCUT2D eigenvalue weighted by Gasteiger charge is 2.30. The van der Waals surface area contributed by atoms with E-state index >= 15 is 0 Å². The van der Waals surface area contributed by atoms with Crippen LogP contribution in [0.1, 0.15) is 55.6 Å². The van der Waals surface area contributed by atoms with Gasteiger partial charge in [0.2, 0.25) is 0 Å². The van der Waals surface area contributed by atoms with Gasteiger partial charge in [0, 0.05) is 12.6 Å². The van der Waals surface area contributed by atoms with Crippen LogP contribution >= 0.6 is 0 Å². The summed E-state index contributed by atoms with van der Waals surface area (Å²) in [5, 5.41) is 23.0. The first kappa shape index (κ1) is 18.6. The van der Waals surface area contributed by atoms with Gasteiger partial charge in [-0.1, -0.05) is 12.8 Å². The van der Waals surface area contributed by atoms with Crippen LogP contribution in [0, 0.1) is 0 Å². The topological polar surface area (TPSA) is 108 Å². The first-order valence-corrected chi connectivity index (χ1v) is 8.29. The Kier molecular flexibility index (Phi) is 5.77. The van der Waals surface area contributed by atoms with Gasteiger partial charge in [0.05, 0.1) is 34.7 Å². The number of aliphatic hydroxyl groups is 2. The third-order valence-corrected chi connectivity index (χ3v) is 4.49. The number of nitrogens with one attached hydrogen (secondary N) is 1. The number of alkyl halides is 1. The molecule has 0 radical (unpaired) electrons. The zero-order valence-corrected chi connectivity index (χ0v) is 14.1. The molecule has 134 valence electrons. The Labute approximate surface area is 141 Å². The Morgan fingerprint density at radius 2 is 2.17 bits per heavy atom. The van der Waals surface area contributed by atoms with Crippen molar-refractivity contribution >= 4 is 11.6 Å². The maximum atomic E-state index is 14.2. The van der Waals surface area contributed by atoms with Gasteiger partial charge in [-0.15, -0.1) is 0 Å². The SMILES string of the molecule is CC(C)(O)[C@H](F)Cc1nccc(NC2CCCCC2O)c1C(N)=O. The van der Waals surface area contributed by atoms with Crippen molar-refractivity contribution in [3.8, 4) is 0 Å². The van der Waals surface area contributed by atoms with E-state index in [0.717, 1.165) is 19.3 Å². The molecule has 0 spiro atoms. The Morgan fingerprint density at radius 3 is 2.75 bits per heavy atom. The minimum Gasteiger partial charge on any atom is -0.391 e. The molecule has 1 aromatic rings. The number of halogens is 1. The molecule has 6 nitrogen and oxygen atoms in total. The van der Waals surface area contributed by atoms with Crippen LogP contribution in [0.5, 0.6) is 0 Å². The van der Waals surface area contributed by atoms with E-state index < -0.39 is 23.8 Å². The molecule has 1 heterocycles. The number of primary amides is 1. The Hall–Kier alpha value is -1.73. The molecule has 24 heavy (non-hydrogen) atoms. The van der Waals surface area contributed by atoms with Crippen LogP contribution in [0.3, 0.4) is 0 Å². The second-order valence-corrected chi connectivity index (χ2v) is 6.97. The lowest BCUT2D eigenvalue weighted by atomic mass is 9.91. The van der Waals surface area contributed by atoms with Crippen molar-refractivity contribution in [3.05, 3.63) is 23.5 Å². The van der Waals surface area contributed by atoms with Crippen LogP contribution in [0.15, 0.2) is 12.3 Å². The second-order valence-electron chi connectivity index (χ2n) is 6.97. The number of aliphatic hydroxyl groups excluding tert-OH is 1. The Balaban J connectivity index is 2.28. The minimum atomic E-state index is -1.58. The first-order chi connectivity index (χ1) is 11.2. The van der Waals surface area contributed by atoms with Gasteiger partial charge in [-0.3, -0.25) is 9.78 Å². The van der Waals surface area contributed by atoms with Gasteiger partial charge >= 0.3 is 0 Å². The number of anilines is 1. The van der Waals surface area contributed by atoms with Crippen LogP contribution in [0.25, 0.3) is 0 Å². The van der Waals surface area contributed by atoms with E-state index in [0.29, 0.717) is 12.1 Å². The summed E-state index contributed by atoms with van der Waals surface area (Å²) in [6.45, 7) is 2.73. The molecular formula is C17H26FN3O3. The summed E-state index contributed by atoms with van der Waals surface area (Å²) in [5.41, 5.74) is 4.69. The summed E-state index contributed by atoms with van der Waals surface area (Å²) >= 11 is 0. The van der Waals surface area contributed by atoms with Crippen molar-refractivity contribution in [2.24, 2.45) is 5.73 Å². The number of hydrogen-bond acceptors (Lipinski definition) is 5. The van der Waals surface area contributed by atoms with Gasteiger partial charge in [0.15, 0.2) is 0 Å². The van der Waals surface area contributed by atoms with Gasteiger partial charge in [0.25, 0.3) is 5.91 Å². The van der Waals surface area contributed by atoms with Crippen molar-refractivity contribution in [1.82, 2.24) is 4.98 Å². The molecule has 1 aliphatic rings. The van der Waals surface area contributed by atoms with E-state index in [9.17, 15) is 19.4 Å². The maximum Gasteiger partial charge on any atom is 0.252 e. The number of nitrogens with two attached hydrogens (primary N) is 1. The normalized spacial score (nSPS) is 22.9. The fraction of sp³-hybridized carbons (Fsp3) is 0.647. The van der Waals surface area contributed by atoms with Gasteiger partial charge in [-0.2, -0.15) is 0 Å². The van der Waals surface area contributed by atoms with Crippen LogP contribution in [0.2, 0.25) is 0 Å². The van der Waals surface area contributed by atoms with Crippen molar-refractivity contribution in [1.29, 1.82) is 0 Å². The summed E-state index contributed by atoms with van der Waals surface area (Å²) in [6.07, 6.45) is 2.61. The molecule has 1 saturated carbocycles. The lowest BCUT2D eigenvalue weighted by Gasteiger charge is -2.30. The number of pyridine rings is 1. The maximum absolute atomic E-state index is 14.2. The molecule has 1 amide bonds. The summed E-state index contributed by atoms with van der Waals surface area (Å²) in [6, 6.07) is 1.42. The molecule has 0 aliphatic heterocycles. The van der Waals surface area contributed by atoms with Crippen molar-refractivity contribution in [2.75, 3.05) is 5.32 Å². The van der Waals surface area contributed by atoms with Gasteiger partial charge < -0.3 is 21.3 Å². The number of amides is 1. The molecule has 1 aliphatic carbocycles. The van der Waals surface area contributed by atoms with E-state index in [2.05, 4.69) is 10.3 Å². The number of rotatable bonds is 6. The van der Waals surface area contributed by atoms with Crippen molar-refractivity contribution in [3.63, 3.8) is 0 Å². The molecule has 5 N–H and O–H groups in total. The molecule has 0 saturated heterocycles. The molecule has 0 bridgehead atoms. The minimum absolute atomic E-state index is 0.113. The highest BCUT2D eigenvalue weighted by Crippen LogP contribution is 2.27. The molecule has 3 atom stereocenters. The van der Waals surface area contributed by atoms with Crippen LogP contribution in [0.4, 0.5) is 10.1 Å². The summed E-state index contributed by atoms with van der Waals surface area (Å²) in [4.78, 5) is 16.0. The number of nitrogens with zero attached hydrogens (tertiary/aromatic N) is 1. The zero-order valence-electron chi connectivity index (χ0n) is 14.1. The Bertz CT molecular complexity index is 589. The third-order valence-electron chi connectivity index (χ3n) is 4.49. The monoisotopic (exact) mass is 339 g/mol. The van der Waals surface area contributed by atoms with Crippen LogP contribution < -0.4 is 11.1 Å². The van der Waals surface area contributed by atoms with E-state index in [1.807, 2.05) is 0 Å². The zero-order chi connectivity index (χ0) is 17.9. The molecule has 1 fully saturated rings. The van der Waals surface area contributed by atoms with Crippen LogP contribution in [-0.4, -0.2) is 45.0 Å². The van der Waals surface area contributed by atoms with Gasteiger partial charge in [-0.05, 0) is 32.8 Å². The molecule has 2 rings (SSSR count). The van der Waals surface area contributed by atoms with Crippen molar-refractivity contribution < 1.29 is 19.4 Å². The van der Waals surface area contributed by atoms with Crippen LogP contribution in [-0.2, 0) is 6.42 Å². The quantitative estimate of drug-likeness (QED) is 0.629. The first-order valence-electron chi connectivity index (χ1n) is 8.29. The van der Waals surface area contributed by atoms with E-state index in [4.69, 9.17) is 5.73 Å². The average Bonchev–Trinajstić information content (AvgIpc) is 2.48. The smallest absolute Gasteiger partial charge is 0.252 e. The van der Waals surface area contributed by atoms with E-state index in [-0.39, 0.29) is 23.7 Å². The number of carbonyl (C=O) groups is 1. The van der Waals surface area contributed by atoms with Gasteiger partial charge in [0.1, 0.15) is 6.17 Å². The summed E-state index contributed by atoms with van der Waals surface area (Å²) in [5.74, 6) is -0.714. The number of hydrogen-bond donors (Lipinski definition) is 4. The van der Waals surface area contributed by atoms with E-state index in [1.54, 1.807) is 6.07 Å². The predicted molar refractivity (Wildman–Crippen MR) is 89.5 cm³/mol. The van der Waals surface area contributed by atoms with Gasteiger partial charge in [-0.25, -0.2) is 4.39 Å². The standard InChI is InChI=1S/C17H26FN3O3/c1-17(2,24)14(18)9-12-15(16(19)23)11(7-8-20-12)21-10-5-3-4-6-13(10)22/h7-8,10,13-14,22,24H,3-6,9H2,1-2H3,(H2,19,23)(H,20,21)/t10?,13?,14-/m1/s1. The lowest BCUT2D eigenvalue weighted by molar-refractivity contribution is -0.00307. The predicted octanol–water partition coefficient (Wildman–Crippen LogP) is 1.55. The fourth-order valence-corrected chi connectivity index (χ4v) is 2.95. The third kappa shape index (κ3) is 4.42. The second kappa shape index (κ2) is 7.44. The highest BCUT2D eigenvalue weighted by molar-refractivity contribution is 5.99. The highest BCUT2D eigenvalue weighted by atomic mass is 19.1. The molecule has 2 unspecified atom stereocenters. The molecule has 0 aromatic carbocycles. The Morgan fingerprint density at radius 1 is 1.50 bits per heavy atom. The summed E-state index contributed by atoms with van der Waals surface area (Å²) in [7, 11) is 0. The number of aromatic nitrogens is 1.